The summed E-state index contributed by atoms with van der Waals surface area (Å²) in [5.41, 5.74) is -0.338. The lowest BCUT2D eigenvalue weighted by Gasteiger charge is -1.99. The van der Waals surface area contributed by atoms with Crippen molar-refractivity contribution in [3.05, 3.63) is 45.4 Å². The van der Waals surface area contributed by atoms with Crippen LogP contribution in [0.2, 0.25) is 0 Å². The van der Waals surface area contributed by atoms with Gasteiger partial charge in [-0.2, -0.15) is 0 Å². The van der Waals surface area contributed by atoms with Gasteiger partial charge in [0.05, 0.1) is 4.88 Å². The van der Waals surface area contributed by atoms with Crippen LogP contribution in [0.3, 0.4) is 0 Å². The minimum Gasteiger partial charge on any atom is -0.289 e. The van der Waals surface area contributed by atoms with Crippen LogP contribution in [0.25, 0.3) is 10.1 Å². The lowest BCUT2D eigenvalue weighted by atomic mass is 10.2. The minimum absolute atomic E-state index is 0.173. The Morgan fingerprint density at radius 3 is 2.64 bits per heavy atom. The van der Waals surface area contributed by atoms with Crippen molar-refractivity contribution in [2.24, 2.45) is 0 Å². The molecule has 0 saturated heterocycles. The lowest BCUT2D eigenvalue weighted by molar-refractivity contribution is 0.155. The number of rotatable bonds is 1. The zero-order valence-electron chi connectivity index (χ0n) is 7.04. The van der Waals surface area contributed by atoms with Crippen molar-refractivity contribution in [2.75, 3.05) is 0 Å². The summed E-state index contributed by atoms with van der Waals surface area (Å²) in [5, 5.41) is 0.502. The maximum atomic E-state index is 12.3. The molecule has 14 heavy (non-hydrogen) atoms. The Labute approximate surface area is 82.6 Å². The average molecular weight is 212 g/mol. The highest BCUT2D eigenvalue weighted by molar-refractivity contribution is 7.18. The molecule has 0 atom stereocenters. The van der Waals surface area contributed by atoms with Crippen LogP contribution in [0.5, 0.6) is 0 Å². The summed E-state index contributed by atoms with van der Waals surface area (Å²) in [5.74, 6) is 0. The van der Waals surface area contributed by atoms with E-state index in [9.17, 15) is 13.6 Å². The van der Waals surface area contributed by atoms with Crippen LogP contribution in [-0.2, 0) is 0 Å². The van der Waals surface area contributed by atoms with E-state index in [2.05, 4.69) is 0 Å². The molecular formula is C10H6F2OS. The van der Waals surface area contributed by atoms with Crippen LogP contribution < -0.4 is 5.43 Å². The van der Waals surface area contributed by atoms with Gasteiger partial charge in [0, 0.05) is 16.2 Å². The molecule has 0 fully saturated rings. The van der Waals surface area contributed by atoms with Gasteiger partial charge in [0.15, 0.2) is 5.43 Å². The zero-order valence-corrected chi connectivity index (χ0v) is 7.85. The molecule has 4 heteroatoms. The minimum atomic E-state index is -2.57. The van der Waals surface area contributed by atoms with Gasteiger partial charge in [-0.3, -0.25) is 4.79 Å². The van der Waals surface area contributed by atoms with Crippen LogP contribution >= 0.6 is 11.3 Å². The van der Waals surface area contributed by atoms with Crippen LogP contribution in [-0.4, -0.2) is 0 Å². The summed E-state index contributed by atoms with van der Waals surface area (Å²) in [4.78, 5) is 11.2. The molecule has 1 nitrogen and oxygen atoms in total. The molecule has 0 N–H and O–H groups in total. The second-order valence-corrected chi connectivity index (χ2v) is 3.93. The fourth-order valence-electron chi connectivity index (χ4n) is 1.23. The molecule has 0 spiro atoms. The molecule has 0 unspecified atom stereocenters. The molecule has 0 aliphatic carbocycles. The second-order valence-electron chi connectivity index (χ2n) is 2.81. The zero-order chi connectivity index (χ0) is 10.1. The molecule has 2 rings (SSSR count). The first kappa shape index (κ1) is 9.27. The van der Waals surface area contributed by atoms with E-state index in [0.29, 0.717) is 10.1 Å². The Bertz CT molecular complexity index is 519. The van der Waals surface area contributed by atoms with E-state index in [1.807, 2.05) is 0 Å². The highest BCUT2D eigenvalue weighted by atomic mass is 32.1. The number of hydrogen-bond acceptors (Lipinski definition) is 2. The Kier molecular flexibility index (Phi) is 2.29. The number of benzene rings is 1. The fourth-order valence-corrected chi connectivity index (χ4v) is 2.16. The topological polar surface area (TPSA) is 17.1 Å². The summed E-state index contributed by atoms with van der Waals surface area (Å²) in [7, 11) is 0. The van der Waals surface area contributed by atoms with Crippen molar-refractivity contribution in [1.82, 2.24) is 0 Å². The molecule has 1 aromatic heterocycles. The van der Waals surface area contributed by atoms with Crippen molar-refractivity contribution in [2.45, 2.75) is 6.43 Å². The molecule has 0 aliphatic rings. The van der Waals surface area contributed by atoms with Crippen LogP contribution in [0.1, 0.15) is 11.3 Å². The lowest BCUT2D eigenvalue weighted by Crippen LogP contribution is -2.00. The maximum absolute atomic E-state index is 12.3. The van der Waals surface area contributed by atoms with Gasteiger partial charge in [-0.15, -0.1) is 11.3 Å². The predicted molar refractivity (Wildman–Crippen MR) is 53.1 cm³/mol. The molecule has 0 saturated carbocycles. The third-order valence-corrected chi connectivity index (χ3v) is 2.98. The number of halogens is 2. The van der Waals surface area contributed by atoms with Gasteiger partial charge in [0.1, 0.15) is 0 Å². The van der Waals surface area contributed by atoms with E-state index in [1.165, 1.54) is 0 Å². The number of alkyl halides is 2. The monoisotopic (exact) mass is 212 g/mol. The largest absolute Gasteiger partial charge is 0.289 e. The summed E-state index contributed by atoms with van der Waals surface area (Å²) in [6, 6.07) is 7.78. The smallest absolute Gasteiger partial charge is 0.272 e. The normalized spacial score (nSPS) is 11.1. The van der Waals surface area contributed by atoms with Gasteiger partial charge in [-0.05, 0) is 12.1 Å². The van der Waals surface area contributed by atoms with Crippen molar-refractivity contribution < 1.29 is 8.78 Å². The molecule has 1 heterocycles. The Morgan fingerprint density at radius 2 is 1.93 bits per heavy atom. The van der Waals surface area contributed by atoms with Crippen molar-refractivity contribution in [3.8, 4) is 0 Å². The van der Waals surface area contributed by atoms with Crippen molar-refractivity contribution in [3.63, 3.8) is 0 Å². The highest BCUT2D eigenvalue weighted by Crippen LogP contribution is 2.26. The SMILES string of the molecule is O=c1cc(C(F)F)sc2ccccc12. The van der Waals surface area contributed by atoms with Gasteiger partial charge in [0.25, 0.3) is 6.43 Å². The Balaban J connectivity index is 2.79. The predicted octanol–water partition coefficient (Wildman–Crippen LogP) is 3.20. The summed E-state index contributed by atoms with van der Waals surface area (Å²) < 4.78 is 25.3. The van der Waals surface area contributed by atoms with Gasteiger partial charge in [-0.1, -0.05) is 12.1 Å². The molecule has 2 aromatic rings. The summed E-state index contributed by atoms with van der Waals surface area (Å²) >= 11 is 0.959. The molecule has 0 amide bonds. The molecule has 0 bridgehead atoms. The fraction of sp³-hybridized carbons (Fsp3) is 0.100. The van der Waals surface area contributed by atoms with Crippen molar-refractivity contribution >= 4 is 21.4 Å². The van der Waals surface area contributed by atoms with Gasteiger partial charge < -0.3 is 0 Å². The van der Waals surface area contributed by atoms with E-state index in [4.69, 9.17) is 0 Å². The third kappa shape index (κ3) is 1.53. The Morgan fingerprint density at radius 1 is 1.21 bits per heavy atom. The second kappa shape index (κ2) is 3.46. The Hall–Kier alpha value is -1.29. The third-order valence-electron chi connectivity index (χ3n) is 1.87. The first-order chi connectivity index (χ1) is 6.68. The first-order valence-electron chi connectivity index (χ1n) is 3.99. The molecular weight excluding hydrogens is 206 g/mol. The number of fused-ring (bicyclic) bond motifs is 1. The van der Waals surface area contributed by atoms with Gasteiger partial charge in [-0.25, -0.2) is 8.78 Å². The van der Waals surface area contributed by atoms with E-state index in [-0.39, 0.29) is 10.3 Å². The molecule has 1 aromatic carbocycles. The van der Waals surface area contributed by atoms with Crippen molar-refractivity contribution in [1.29, 1.82) is 0 Å². The van der Waals surface area contributed by atoms with Gasteiger partial charge in [0.2, 0.25) is 0 Å². The van der Waals surface area contributed by atoms with Crippen LogP contribution in [0, 0.1) is 0 Å². The van der Waals surface area contributed by atoms with Gasteiger partial charge >= 0.3 is 0 Å². The summed E-state index contributed by atoms with van der Waals surface area (Å²) in [6.45, 7) is 0. The maximum Gasteiger partial charge on any atom is 0.272 e. The molecule has 72 valence electrons. The highest BCUT2D eigenvalue weighted by Gasteiger charge is 2.10. The number of hydrogen-bond donors (Lipinski definition) is 0. The quantitative estimate of drug-likeness (QED) is 0.709. The standard InChI is InChI=1S/C10H6F2OS/c11-10(12)9-5-7(13)6-3-1-2-4-8(6)14-9/h1-5,10H. The van der Waals surface area contributed by atoms with E-state index in [0.717, 1.165) is 17.4 Å². The van der Waals surface area contributed by atoms with E-state index in [1.54, 1.807) is 24.3 Å². The van der Waals surface area contributed by atoms with E-state index < -0.39 is 6.43 Å². The van der Waals surface area contributed by atoms with E-state index >= 15 is 0 Å². The average Bonchev–Trinajstić information content (AvgIpc) is 2.17. The first-order valence-corrected chi connectivity index (χ1v) is 4.81. The summed E-state index contributed by atoms with van der Waals surface area (Å²) in [6.07, 6.45) is -2.57. The van der Waals surface area contributed by atoms with Crippen LogP contribution in [0.4, 0.5) is 8.78 Å². The molecule has 0 aliphatic heterocycles. The molecule has 0 radical (unpaired) electrons. The van der Waals surface area contributed by atoms with Crippen LogP contribution in [0.15, 0.2) is 35.1 Å².